The maximum absolute atomic E-state index is 1.85. The molecular weight excluding hydrogens is 514 g/mol. The third kappa shape index (κ3) is 1.92. The molecule has 0 aliphatic carbocycles. The second-order valence-electron chi connectivity index (χ2n) is 3.32. The molecule has 2 aliphatic heterocycles. The van der Waals surface area contributed by atoms with Gasteiger partial charge in [-0.2, -0.15) is 0 Å². The van der Waals surface area contributed by atoms with Crippen LogP contribution in [-0.4, -0.2) is 33.9 Å². The van der Waals surface area contributed by atoms with E-state index >= 15 is 0 Å². The van der Waals surface area contributed by atoms with Crippen molar-refractivity contribution in [2.75, 3.05) is 0 Å². The standard InChI is InChI=1S/2C4H8.2Bi/c2*1-3-4-2;;/h2*1-4H2;;. The molecule has 0 amide bonds. The van der Waals surface area contributed by atoms with E-state index in [1.54, 1.807) is 25.7 Å². The van der Waals surface area contributed by atoms with Crippen LogP contribution in [0.5, 0.6) is 0 Å². The normalized spacial score (nSPS) is 30.0. The summed E-state index contributed by atoms with van der Waals surface area (Å²) in [6, 6.07) is 0. The van der Waals surface area contributed by atoms with Gasteiger partial charge in [-0.25, -0.2) is 0 Å². The van der Waals surface area contributed by atoms with Crippen molar-refractivity contribution < 1.29 is 0 Å². The third-order valence-electron chi connectivity index (χ3n) is 2.56. The Kier molecular flexibility index (Phi) is 3.46. The Morgan fingerprint density at radius 1 is 0.500 bits per heavy atom. The number of hydrogen-bond donors (Lipinski definition) is 0. The Hall–Kier alpha value is 1.77. The van der Waals surface area contributed by atoms with E-state index < -0.39 is 33.9 Å². The summed E-state index contributed by atoms with van der Waals surface area (Å²) in [4.78, 5) is 0. The average molecular weight is 530 g/mol. The molecule has 0 N–H and O–H groups in total. The van der Waals surface area contributed by atoms with Crippen LogP contribution in [0.2, 0.25) is 16.5 Å². The van der Waals surface area contributed by atoms with Gasteiger partial charge in [0, 0.05) is 0 Å². The van der Waals surface area contributed by atoms with Crippen molar-refractivity contribution in [3.8, 4) is 0 Å². The van der Waals surface area contributed by atoms with Crippen molar-refractivity contribution in [3.05, 3.63) is 0 Å². The topological polar surface area (TPSA) is 0 Å². The molecule has 0 atom stereocenters. The molecular formula is C8H16Bi2. The van der Waals surface area contributed by atoms with Crippen LogP contribution < -0.4 is 0 Å². The van der Waals surface area contributed by atoms with Crippen molar-refractivity contribution in [1.29, 1.82) is 0 Å². The first-order valence-electron chi connectivity index (χ1n) is 4.46. The third-order valence-corrected chi connectivity index (χ3v) is 73.2. The van der Waals surface area contributed by atoms with Crippen LogP contribution in [0.3, 0.4) is 0 Å². The molecule has 0 saturated carbocycles. The summed E-state index contributed by atoms with van der Waals surface area (Å²) in [5.41, 5.74) is 0. The zero-order valence-electron chi connectivity index (χ0n) is 6.55. The van der Waals surface area contributed by atoms with Gasteiger partial charge < -0.3 is 0 Å². The quantitative estimate of drug-likeness (QED) is 0.458. The second kappa shape index (κ2) is 4.13. The molecule has 2 aliphatic rings. The average Bonchev–Trinajstić information content (AvgIpc) is 2.59. The molecule has 2 rings (SSSR count). The van der Waals surface area contributed by atoms with Crippen molar-refractivity contribution in [1.82, 2.24) is 0 Å². The monoisotopic (exact) mass is 530 g/mol. The SMILES string of the molecule is C1C[CH2][Bi]([Bi]2[CH2]CC[CH2]2)[CH2]1. The number of rotatable bonds is 1. The van der Waals surface area contributed by atoms with Crippen LogP contribution in [0.4, 0.5) is 0 Å². The predicted molar refractivity (Wildman–Crippen MR) is 49.2 cm³/mol. The molecule has 0 spiro atoms. The Labute approximate surface area is 75.1 Å². The summed E-state index contributed by atoms with van der Waals surface area (Å²) in [5.74, 6) is 0. The van der Waals surface area contributed by atoms with E-state index in [1.807, 2.05) is 16.5 Å². The molecule has 0 aromatic heterocycles. The molecule has 2 saturated heterocycles. The van der Waals surface area contributed by atoms with Crippen molar-refractivity contribution in [2.45, 2.75) is 42.2 Å². The fraction of sp³-hybridized carbons (Fsp3) is 1.00. The summed E-state index contributed by atoms with van der Waals surface area (Å²) < 4.78 is 7.42. The van der Waals surface area contributed by atoms with Gasteiger partial charge >= 0.3 is 76.1 Å². The van der Waals surface area contributed by atoms with Crippen LogP contribution in [0.15, 0.2) is 0 Å². The minimum atomic E-state index is -0.531. The van der Waals surface area contributed by atoms with Gasteiger partial charge in [-0.15, -0.1) is 0 Å². The predicted octanol–water partition coefficient (Wildman–Crippen LogP) is 2.64. The first-order valence-corrected chi connectivity index (χ1v) is 29.5. The van der Waals surface area contributed by atoms with Crippen LogP contribution in [0.25, 0.3) is 0 Å². The molecule has 0 aromatic rings. The summed E-state index contributed by atoms with van der Waals surface area (Å²) in [6.45, 7) is 0. The summed E-state index contributed by atoms with van der Waals surface area (Å²) in [7, 11) is 0. The fourth-order valence-corrected chi connectivity index (χ4v) is 75.1. The van der Waals surface area contributed by atoms with Crippen LogP contribution in [-0.2, 0) is 0 Å². The van der Waals surface area contributed by atoms with Crippen molar-refractivity contribution in [3.63, 3.8) is 0 Å². The molecule has 0 aromatic carbocycles. The van der Waals surface area contributed by atoms with Crippen molar-refractivity contribution in [2.24, 2.45) is 0 Å². The van der Waals surface area contributed by atoms with E-state index in [1.165, 1.54) is 0 Å². The van der Waals surface area contributed by atoms with E-state index in [0.29, 0.717) is 0 Å². The molecule has 2 heterocycles. The van der Waals surface area contributed by atoms with Gasteiger partial charge in [-0.1, -0.05) is 0 Å². The maximum atomic E-state index is 1.85. The molecule has 2 fully saturated rings. The Balaban J connectivity index is 1.85. The molecule has 2 heteroatoms. The van der Waals surface area contributed by atoms with Gasteiger partial charge in [0.25, 0.3) is 0 Å². The van der Waals surface area contributed by atoms with Gasteiger partial charge in [-0.3, -0.25) is 0 Å². The zero-order valence-corrected chi connectivity index (χ0v) is 13.5. The van der Waals surface area contributed by atoms with Crippen LogP contribution in [0.1, 0.15) is 25.7 Å². The minimum absolute atomic E-state index is 0.531. The fourth-order valence-electron chi connectivity index (χ4n) is 1.97. The summed E-state index contributed by atoms with van der Waals surface area (Å²) in [6.07, 6.45) is 6.68. The first kappa shape index (κ1) is 8.37. The van der Waals surface area contributed by atoms with Gasteiger partial charge in [0.1, 0.15) is 0 Å². The van der Waals surface area contributed by atoms with E-state index in [9.17, 15) is 0 Å². The van der Waals surface area contributed by atoms with E-state index in [2.05, 4.69) is 0 Å². The van der Waals surface area contributed by atoms with Gasteiger partial charge in [0.15, 0.2) is 0 Å². The molecule has 58 valence electrons. The van der Waals surface area contributed by atoms with E-state index in [4.69, 9.17) is 0 Å². The molecule has 0 radical (unpaired) electrons. The molecule has 0 bridgehead atoms. The van der Waals surface area contributed by atoms with Crippen LogP contribution >= 0.6 is 0 Å². The van der Waals surface area contributed by atoms with Crippen LogP contribution in [0, 0.1) is 0 Å². The molecule has 0 nitrogen and oxygen atoms in total. The first-order chi connectivity index (χ1) is 4.97. The molecule has 0 unspecified atom stereocenters. The summed E-state index contributed by atoms with van der Waals surface area (Å²) >= 11 is -1.06. The molecule has 10 heavy (non-hydrogen) atoms. The Morgan fingerprint density at radius 3 is 1.10 bits per heavy atom. The van der Waals surface area contributed by atoms with Gasteiger partial charge in [0.05, 0.1) is 0 Å². The zero-order chi connectivity index (χ0) is 6.81. The van der Waals surface area contributed by atoms with E-state index in [-0.39, 0.29) is 0 Å². The Morgan fingerprint density at radius 2 is 0.800 bits per heavy atom. The summed E-state index contributed by atoms with van der Waals surface area (Å²) in [5, 5.41) is 0. The van der Waals surface area contributed by atoms with Crippen molar-refractivity contribution >= 4 is 33.9 Å². The van der Waals surface area contributed by atoms with Gasteiger partial charge in [0.2, 0.25) is 0 Å². The van der Waals surface area contributed by atoms with Gasteiger partial charge in [-0.05, 0) is 0 Å². The number of hydrogen-bond acceptors (Lipinski definition) is 0. The second-order valence-corrected chi connectivity index (χ2v) is 56.7. The Bertz CT molecular complexity index is 87.8. The van der Waals surface area contributed by atoms with E-state index in [0.717, 1.165) is 0 Å².